The maximum absolute atomic E-state index is 13.0. The Morgan fingerprint density at radius 1 is 1.26 bits per heavy atom. The monoisotopic (exact) mass is 318 g/mol. The van der Waals surface area contributed by atoms with Crippen LogP contribution in [-0.4, -0.2) is 28.7 Å². The molecule has 0 aromatic carbocycles. The minimum Gasteiger partial charge on any atom is -0.380 e. The standard InChI is InChI=1S/C20H30O3/c1-12(2)15-8-7-14-10-16-13(3)6-9-18(23-16)20(5,22)17(21)11-19(14,15)4/h6-7,12,15-16,18,22H,8-11H2,1-5H3/t15?,16-,18+,19-,20-/m1/s1. The van der Waals surface area contributed by atoms with E-state index in [0.29, 0.717) is 24.7 Å². The molecule has 0 aromatic rings. The fourth-order valence-corrected chi connectivity index (χ4v) is 4.82. The van der Waals surface area contributed by atoms with Gasteiger partial charge in [-0.2, -0.15) is 0 Å². The minimum atomic E-state index is -1.40. The summed E-state index contributed by atoms with van der Waals surface area (Å²) in [6.45, 7) is 10.4. The Balaban J connectivity index is 2.05. The second kappa shape index (κ2) is 5.56. The van der Waals surface area contributed by atoms with Crippen LogP contribution in [0.5, 0.6) is 0 Å². The number of aliphatic hydroxyl groups is 1. The van der Waals surface area contributed by atoms with Crippen molar-refractivity contribution in [2.24, 2.45) is 17.3 Å². The number of hydrogen-bond donors (Lipinski definition) is 1. The van der Waals surface area contributed by atoms with Crippen LogP contribution in [0.4, 0.5) is 0 Å². The lowest BCUT2D eigenvalue weighted by Gasteiger charge is -2.38. The lowest BCUT2D eigenvalue weighted by molar-refractivity contribution is -0.159. The van der Waals surface area contributed by atoms with Crippen molar-refractivity contribution in [2.75, 3.05) is 0 Å². The number of allylic oxidation sites excluding steroid dienone is 1. The fourth-order valence-electron chi connectivity index (χ4n) is 4.82. The van der Waals surface area contributed by atoms with Gasteiger partial charge in [0, 0.05) is 6.42 Å². The second-order valence-electron chi connectivity index (χ2n) is 8.48. The van der Waals surface area contributed by atoms with Gasteiger partial charge < -0.3 is 9.84 Å². The van der Waals surface area contributed by atoms with Gasteiger partial charge in [-0.1, -0.05) is 38.5 Å². The Kier molecular flexibility index (Phi) is 4.09. The van der Waals surface area contributed by atoms with Gasteiger partial charge in [0.2, 0.25) is 0 Å². The molecule has 3 rings (SSSR count). The van der Waals surface area contributed by atoms with Crippen LogP contribution in [0, 0.1) is 17.3 Å². The van der Waals surface area contributed by atoms with E-state index < -0.39 is 11.7 Å². The van der Waals surface area contributed by atoms with Gasteiger partial charge in [-0.25, -0.2) is 0 Å². The summed E-state index contributed by atoms with van der Waals surface area (Å²) in [5.41, 5.74) is 1.01. The van der Waals surface area contributed by atoms with Gasteiger partial charge in [-0.3, -0.25) is 4.79 Å². The molecule has 0 radical (unpaired) electrons. The molecule has 5 atom stereocenters. The van der Waals surface area contributed by atoms with Gasteiger partial charge in [-0.15, -0.1) is 0 Å². The average molecular weight is 318 g/mol. The van der Waals surface area contributed by atoms with Crippen molar-refractivity contribution in [3.05, 3.63) is 23.3 Å². The van der Waals surface area contributed by atoms with Crippen LogP contribution in [0.25, 0.3) is 0 Å². The molecule has 0 saturated carbocycles. The zero-order chi connectivity index (χ0) is 17.0. The third-order valence-electron chi connectivity index (χ3n) is 6.59. The third kappa shape index (κ3) is 2.62. The normalized spacial score (nSPS) is 44.1. The summed E-state index contributed by atoms with van der Waals surface area (Å²) >= 11 is 0. The zero-order valence-electron chi connectivity index (χ0n) is 15.1. The van der Waals surface area contributed by atoms with Gasteiger partial charge >= 0.3 is 0 Å². The second-order valence-corrected chi connectivity index (χ2v) is 8.48. The summed E-state index contributed by atoms with van der Waals surface area (Å²) < 4.78 is 6.17. The molecule has 1 fully saturated rings. The number of carbonyl (C=O) groups excluding carboxylic acids is 1. The SMILES string of the molecule is CC1=CC[C@@H]2O[C@@H]1CC1=CCC(C(C)C)[C@]1(C)CC(=O)[C@@]2(C)O. The van der Waals surface area contributed by atoms with Crippen LogP contribution < -0.4 is 0 Å². The van der Waals surface area contributed by atoms with Crippen LogP contribution in [0.3, 0.4) is 0 Å². The molecule has 1 saturated heterocycles. The van der Waals surface area contributed by atoms with Crippen molar-refractivity contribution in [1.82, 2.24) is 0 Å². The number of fused-ring (bicyclic) bond motifs is 3. The van der Waals surface area contributed by atoms with E-state index in [1.807, 2.05) is 0 Å². The average Bonchev–Trinajstić information content (AvgIpc) is 2.77. The number of rotatable bonds is 1. The Hall–Kier alpha value is -0.930. The Labute approximate surface area is 139 Å². The van der Waals surface area contributed by atoms with E-state index in [-0.39, 0.29) is 17.3 Å². The van der Waals surface area contributed by atoms with Gasteiger partial charge in [-0.05, 0) is 55.9 Å². The predicted molar refractivity (Wildman–Crippen MR) is 91.0 cm³/mol. The topological polar surface area (TPSA) is 46.5 Å². The molecule has 3 nitrogen and oxygen atoms in total. The van der Waals surface area contributed by atoms with E-state index in [1.54, 1.807) is 6.92 Å². The van der Waals surface area contributed by atoms with Gasteiger partial charge in [0.1, 0.15) is 5.60 Å². The molecule has 2 heterocycles. The van der Waals surface area contributed by atoms with E-state index >= 15 is 0 Å². The Morgan fingerprint density at radius 3 is 2.61 bits per heavy atom. The molecule has 0 amide bonds. The zero-order valence-corrected chi connectivity index (χ0v) is 15.1. The number of Topliss-reactive ketones (excluding diaryl/α,β-unsaturated/α-hetero) is 1. The molecule has 23 heavy (non-hydrogen) atoms. The van der Waals surface area contributed by atoms with Crippen molar-refractivity contribution >= 4 is 5.78 Å². The lowest BCUT2D eigenvalue weighted by atomic mass is 9.65. The van der Waals surface area contributed by atoms with Gasteiger partial charge in [0.05, 0.1) is 12.2 Å². The van der Waals surface area contributed by atoms with Crippen molar-refractivity contribution < 1.29 is 14.6 Å². The highest BCUT2D eigenvalue weighted by molar-refractivity contribution is 5.88. The van der Waals surface area contributed by atoms with Crippen LogP contribution in [0.2, 0.25) is 0 Å². The van der Waals surface area contributed by atoms with Gasteiger partial charge in [0.15, 0.2) is 5.78 Å². The molecule has 1 unspecified atom stereocenters. The summed E-state index contributed by atoms with van der Waals surface area (Å²) in [6.07, 6.45) is 6.94. The maximum Gasteiger partial charge on any atom is 0.167 e. The molecule has 128 valence electrons. The highest BCUT2D eigenvalue weighted by Gasteiger charge is 2.51. The van der Waals surface area contributed by atoms with Crippen molar-refractivity contribution in [3.8, 4) is 0 Å². The molecular formula is C20H30O3. The van der Waals surface area contributed by atoms with Crippen LogP contribution >= 0.6 is 0 Å². The molecule has 0 spiro atoms. The van der Waals surface area contributed by atoms with E-state index in [4.69, 9.17) is 4.74 Å². The number of carbonyl (C=O) groups is 1. The van der Waals surface area contributed by atoms with Crippen molar-refractivity contribution in [2.45, 2.75) is 78.1 Å². The number of hydrogen-bond acceptors (Lipinski definition) is 3. The summed E-state index contributed by atoms with van der Waals surface area (Å²) in [6, 6.07) is 0. The summed E-state index contributed by atoms with van der Waals surface area (Å²) in [5, 5.41) is 10.9. The molecule has 3 aliphatic rings. The quantitative estimate of drug-likeness (QED) is 0.748. The molecule has 0 aromatic heterocycles. The van der Waals surface area contributed by atoms with E-state index in [2.05, 4.69) is 39.8 Å². The predicted octanol–water partition coefficient (Wildman–Crippen LogP) is 3.81. The number of ether oxygens (including phenoxy) is 1. The summed E-state index contributed by atoms with van der Waals surface area (Å²) in [7, 11) is 0. The van der Waals surface area contributed by atoms with E-state index in [1.165, 1.54) is 11.1 Å². The first-order chi connectivity index (χ1) is 10.7. The first-order valence-electron chi connectivity index (χ1n) is 8.93. The van der Waals surface area contributed by atoms with Crippen LogP contribution in [0.15, 0.2) is 23.3 Å². The highest BCUT2D eigenvalue weighted by atomic mass is 16.5. The van der Waals surface area contributed by atoms with E-state index in [0.717, 1.165) is 12.8 Å². The maximum atomic E-state index is 13.0. The third-order valence-corrected chi connectivity index (χ3v) is 6.59. The first-order valence-corrected chi connectivity index (χ1v) is 8.93. The van der Waals surface area contributed by atoms with Crippen molar-refractivity contribution in [1.29, 1.82) is 0 Å². The Bertz CT molecular complexity index is 569. The first kappa shape index (κ1) is 16.9. The Morgan fingerprint density at radius 2 is 1.96 bits per heavy atom. The summed E-state index contributed by atoms with van der Waals surface area (Å²) in [5.74, 6) is 0.903. The lowest BCUT2D eigenvalue weighted by Crippen LogP contribution is -2.51. The van der Waals surface area contributed by atoms with E-state index in [9.17, 15) is 9.90 Å². The molecule has 2 bridgehead atoms. The minimum absolute atomic E-state index is 0.0115. The smallest absolute Gasteiger partial charge is 0.167 e. The molecule has 1 N–H and O–H groups in total. The van der Waals surface area contributed by atoms with Crippen molar-refractivity contribution in [3.63, 3.8) is 0 Å². The molecule has 1 aliphatic carbocycles. The highest BCUT2D eigenvalue weighted by Crippen LogP contribution is 2.53. The molecule has 3 heteroatoms. The van der Waals surface area contributed by atoms with Gasteiger partial charge in [0.25, 0.3) is 0 Å². The fraction of sp³-hybridized carbons (Fsp3) is 0.750. The number of ketones is 1. The molecule has 2 aliphatic heterocycles. The summed E-state index contributed by atoms with van der Waals surface area (Å²) in [4.78, 5) is 13.0. The van der Waals surface area contributed by atoms with Crippen LogP contribution in [-0.2, 0) is 9.53 Å². The molecular weight excluding hydrogens is 288 g/mol. The largest absolute Gasteiger partial charge is 0.380 e. The van der Waals surface area contributed by atoms with Crippen LogP contribution in [0.1, 0.15) is 60.3 Å².